The van der Waals surface area contributed by atoms with Crippen LogP contribution in [0.4, 0.5) is 5.69 Å². The van der Waals surface area contributed by atoms with Crippen LogP contribution in [-0.2, 0) is 4.79 Å². The lowest BCUT2D eigenvalue weighted by Crippen LogP contribution is -2.43. The normalized spacial score (nSPS) is 18.1. The first-order valence-electron chi connectivity index (χ1n) is 6.04. The van der Waals surface area contributed by atoms with E-state index >= 15 is 0 Å². The van der Waals surface area contributed by atoms with Crippen LogP contribution in [-0.4, -0.2) is 24.2 Å². The van der Waals surface area contributed by atoms with E-state index in [4.69, 9.17) is 10.4 Å². The predicted octanol–water partition coefficient (Wildman–Crippen LogP) is 2.19. The number of hydrogen-bond acceptors (Lipinski definition) is 3. The fourth-order valence-corrected chi connectivity index (χ4v) is 2.28. The SMILES string of the molecule is Cc1ccc(N2CCC(C#N)(C(=O)O)CC2)cc1. The second kappa shape index (κ2) is 4.69. The van der Waals surface area contributed by atoms with Crippen molar-refractivity contribution in [2.75, 3.05) is 18.0 Å². The number of hydrogen-bond donors (Lipinski definition) is 1. The van der Waals surface area contributed by atoms with E-state index in [0.29, 0.717) is 25.9 Å². The zero-order valence-corrected chi connectivity index (χ0v) is 10.4. The lowest BCUT2D eigenvalue weighted by Gasteiger charge is -2.36. The number of nitrogens with zero attached hydrogens (tertiary/aromatic N) is 2. The van der Waals surface area contributed by atoms with Gasteiger partial charge in [0.1, 0.15) is 0 Å². The van der Waals surface area contributed by atoms with Gasteiger partial charge in [-0.25, -0.2) is 0 Å². The molecule has 1 heterocycles. The Morgan fingerprint density at radius 3 is 2.33 bits per heavy atom. The number of piperidine rings is 1. The summed E-state index contributed by atoms with van der Waals surface area (Å²) in [5, 5.41) is 18.2. The zero-order chi connectivity index (χ0) is 13.2. The van der Waals surface area contributed by atoms with Crippen molar-refractivity contribution >= 4 is 11.7 Å². The molecular weight excluding hydrogens is 228 g/mol. The van der Waals surface area contributed by atoms with E-state index in [-0.39, 0.29) is 0 Å². The van der Waals surface area contributed by atoms with Gasteiger partial charge in [-0.2, -0.15) is 5.26 Å². The summed E-state index contributed by atoms with van der Waals surface area (Å²) in [4.78, 5) is 13.3. The number of anilines is 1. The van der Waals surface area contributed by atoms with Gasteiger partial charge in [0.25, 0.3) is 0 Å². The fraction of sp³-hybridized carbons (Fsp3) is 0.429. The summed E-state index contributed by atoms with van der Waals surface area (Å²) in [5.74, 6) is -0.992. The molecule has 1 aromatic rings. The smallest absolute Gasteiger partial charge is 0.324 e. The van der Waals surface area contributed by atoms with Crippen molar-refractivity contribution in [2.45, 2.75) is 19.8 Å². The Morgan fingerprint density at radius 1 is 1.33 bits per heavy atom. The van der Waals surface area contributed by atoms with Crippen LogP contribution >= 0.6 is 0 Å². The van der Waals surface area contributed by atoms with Gasteiger partial charge in [0.2, 0.25) is 0 Å². The Labute approximate surface area is 106 Å². The molecule has 2 rings (SSSR count). The first-order chi connectivity index (χ1) is 8.57. The highest BCUT2D eigenvalue weighted by atomic mass is 16.4. The third-order valence-electron chi connectivity index (χ3n) is 3.64. The third-order valence-corrected chi connectivity index (χ3v) is 3.64. The molecule has 0 atom stereocenters. The Hall–Kier alpha value is -2.02. The Kier molecular flexibility index (Phi) is 3.24. The fourth-order valence-electron chi connectivity index (χ4n) is 2.28. The van der Waals surface area contributed by atoms with Crippen molar-refractivity contribution in [3.63, 3.8) is 0 Å². The molecule has 1 N–H and O–H groups in total. The molecule has 18 heavy (non-hydrogen) atoms. The number of nitriles is 1. The maximum atomic E-state index is 11.2. The lowest BCUT2D eigenvalue weighted by atomic mass is 9.80. The molecule has 0 radical (unpaired) electrons. The summed E-state index contributed by atoms with van der Waals surface area (Å²) in [7, 11) is 0. The van der Waals surface area contributed by atoms with Gasteiger partial charge in [-0.05, 0) is 31.9 Å². The summed E-state index contributed by atoms with van der Waals surface area (Å²) in [5.41, 5.74) is 1.10. The van der Waals surface area contributed by atoms with Gasteiger partial charge >= 0.3 is 5.97 Å². The first-order valence-corrected chi connectivity index (χ1v) is 6.04. The molecule has 1 aromatic carbocycles. The standard InChI is InChI=1S/C14H16N2O2/c1-11-2-4-12(5-3-11)16-8-6-14(10-15,7-9-16)13(17)18/h2-5H,6-9H2,1H3,(H,17,18). The van der Waals surface area contributed by atoms with E-state index < -0.39 is 11.4 Å². The number of aliphatic carboxylic acids is 1. The zero-order valence-electron chi connectivity index (χ0n) is 10.4. The summed E-state index contributed by atoms with van der Waals surface area (Å²) in [6, 6.07) is 10.1. The summed E-state index contributed by atoms with van der Waals surface area (Å²) >= 11 is 0. The van der Waals surface area contributed by atoms with E-state index in [1.807, 2.05) is 37.3 Å². The average molecular weight is 244 g/mol. The molecule has 0 aromatic heterocycles. The second-order valence-corrected chi connectivity index (χ2v) is 4.82. The van der Waals surface area contributed by atoms with Crippen LogP contribution in [0.3, 0.4) is 0 Å². The lowest BCUT2D eigenvalue weighted by molar-refractivity contribution is -0.146. The van der Waals surface area contributed by atoms with Crippen LogP contribution in [0.15, 0.2) is 24.3 Å². The van der Waals surface area contributed by atoms with Crippen LogP contribution in [0, 0.1) is 23.7 Å². The van der Waals surface area contributed by atoms with Crippen molar-refractivity contribution in [1.82, 2.24) is 0 Å². The van der Waals surface area contributed by atoms with E-state index in [1.165, 1.54) is 5.56 Å². The van der Waals surface area contributed by atoms with Crippen LogP contribution in [0.2, 0.25) is 0 Å². The number of aryl methyl sites for hydroxylation is 1. The number of carboxylic acids is 1. The molecule has 0 unspecified atom stereocenters. The molecule has 4 nitrogen and oxygen atoms in total. The van der Waals surface area contributed by atoms with Crippen LogP contribution in [0.1, 0.15) is 18.4 Å². The van der Waals surface area contributed by atoms with Gasteiger partial charge < -0.3 is 10.0 Å². The van der Waals surface area contributed by atoms with E-state index in [9.17, 15) is 4.79 Å². The highest BCUT2D eigenvalue weighted by Gasteiger charge is 2.41. The average Bonchev–Trinajstić information content (AvgIpc) is 2.39. The van der Waals surface area contributed by atoms with E-state index in [2.05, 4.69) is 4.90 Å². The minimum absolute atomic E-state index is 0.382. The van der Waals surface area contributed by atoms with E-state index in [0.717, 1.165) is 5.69 Å². The highest BCUT2D eigenvalue weighted by molar-refractivity contribution is 5.78. The van der Waals surface area contributed by atoms with Crippen LogP contribution < -0.4 is 4.90 Å². The molecule has 4 heteroatoms. The second-order valence-electron chi connectivity index (χ2n) is 4.82. The number of carbonyl (C=O) groups is 1. The Balaban J connectivity index is 2.09. The number of carboxylic acid groups (broad SMARTS) is 1. The minimum Gasteiger partial charge on any atom is -0.480 e. The molecule has 0 bridgehead atoms. The van der Waals surface area contributed by atoms with E-state index in [1.54, 1.807) is 0 Å². The van der Waals surface area contributed by atoms with Gasteiger partial charge in [-0.15, -0.1) is 0 Å². The van der Waals surface area contributed by atoms with Gasteiger partial charge in [-0.3, -0.25) is 4.79 Å². The molecule has 0 spiro atoms. The van der Waals surface area contributed by atoms with Gasteiger partial charge in [0.15, 0.2) is 5.41 Å². The van der Waals surface area contributed by atoms with Crippen molar-refractivity contribution in [1.29, 1.82) is 5.26 Å². The van der Waals surface area contributed by atoms with Gasteiger partial charge in [0, 0.05) is 18.8 Å². The van der Waals surface area contributed by atoms with Crippen LogP contribution in [0.25, 0.3) is 0 Å². The summed E-state index contributed by atoms with van der Waals surface area (Å²) in [6.45, 7) is 3.26. The van der Waals surface area contributed by atoms with Crippen molar-refractivity contribution in [2.24, 2.45) is 5.41 Å². The molecule has 0 aliphatic carbocycles. The molecule has 94 valence electrons. The topological polar surface area (TPSA) is 64.3 Å². The molecule has 1 fully saturated rings. The number of benzene rings is 1. The minimum atomic E-state index is -1.19. The molecule has 1 saturated heterocycles. The monoisotopic (exact) mass is 244 g/mol. The molecular formula is C14H16N2O2. The van der Waals surface area contributed by atoms with Crippen molar-refractivity contribution in [3.05, 3.63) is 29.8 Å². The summed E-state index contributed by atoms with van der Waals surface area (Å²) < 4.78 is 0. The highest BCUT2D eigenvalue weighted by Crippen LogP contribution is 2.33. The van der Waals surface area contributed by atoms with Gasteiger partial charge in [0.05, 0.1) is 6.07 Å². The molecule has 0 amide bonds. The van der Waals surface area contributed by atoms with Crippen molar-refractivity contribution in [3.8, 4) is 6.07 Å². The molecule has 1 aliphatic rings. The van der Waals surface area contributed by atoms with Crippen LogP contribution in [0.5, 0.6) is 0 Å². The Bertz CT molecular complexity index is 480. The number of rotatable bonds is 2. The predicted molar refractivity (Wildman–Crippen MR) is 68.3 cm³/mol. The van der Waals surface area contributed by atoms with Crippen molar-refractivity contribution < 1.29 is 9.90 Å². The third kappa shape index (κ3) is 2.17. The Morgan fingerprint density at radius 2 is 1.89 bits per heavy atom. The summed E-state index contributed by atoms with van der Waals surface area (Å²) in [6.07, 6.45) is 0.763. The quantitative estimate of drug-likeness (QED) is 0.866. The first kappa shape index (κ1) is 12.4. The molecule has 1 aliphatic heterocycles. The maximum absolute atomic E-state index is 11.2. The molecule has 0 saturated carbocycles. The largest absolute Gasteiger partial charge is 0.480 e. The maximum Gasteiger partial charge on any atom is 0.324 e. The van der Waals surface area contributed by atoms with Gasteiger partial charge in [-0.1, -0.05) is 17.7 Å².